The van der Waals surface area contributed by atoms with Crippen LogP contribution in [0.5, 0.6) is 17.4 Å². The SMILES string of the molecule is CCCO[C@@H]1C[C@H]2COc3nc4c(cnn4cc3OCC)-c3cc(cc(OC)c3)NCCN2C1=O. The number of aromatic nitrogens is 3. The van der Waals surface area contributed by atoms with E-state index in [-0.39, 0.29) is 11.9 Å². The summed E-state index contributed by atoms with van der Waals surface area (Å²) in [5, 5.41) is 7.93. The van der Waals surface area contributed by atoms with Crippen molar-refractivity contribution < 1.29 is 23.7 Å². The van der Waals surface area contributed by atoms with Gasteiger partial charge < -0.3 is 29.2 Å². The van der Waals surface area contributed by atoms with Crippen molar-refractivity contribution in [2.24, 2.45) is 0 Å². The maximum Gasteiger partial charge on any atom is 0.260 e. The van der Waals surface area contributed by atoms with Crippen molar-refractivity contribution in [3.63, 3.8) is 0 Å². The van der Waals surface area contributed by atoms with Crippen LogP contribution in [0.4, 0.5) is 5.69 Å². The third-order valence-corrected chi connectivity index (χ3v) is 6.28. The number of hydrogen-bond acceptors (Lipinski definition) is 8. The van der Waals surface area contributed by atoms with Crippen LogP contribution >= 0.6 is 0 Å². The van der Waals surface area contributed by atoms with E-state index in [1.807, 2.05) is 36.9 Å². The fourth-order valence-electron chi connectivity index (χ4n) is 4.60. The third kappa shape index (κ3) is 4.58. The number of benzene rings is 1. The second-order valence-electron chi connectivity index (χ2n) is 8.64. The van der Waals surface area contributed by atoms with Crippen LogP contribution in [0.2, 0.25) is 0 Å². The summed E-state index contributed by atoms with van der Waals surface area (Å²) < 4.78 is 25.1. The molecule has 4 bridgehead atoms. The molecule has 10 heteroatoms. The topological polar surface area (TPSA) is 99.5 Å². The van der Waals surface area contributed by atoms with Gasteiger partial charge in [-0.15, -0.1) is 0 Å². The summed E-state index contributed by atoms with van der Waals surface area (Å²) in [6.45, 7) is 6.35. The number of hydrogen-bond donors (Lipinski definition) is 1. The minimum atomic E-state index is -0.453. The van der Waals surface area contributed by atoms with Gasteiger partial charge in [0.2, 0.25) is 0 Å². The Morgan fingerprint density at radius 2 is 2.14 bits per heavy atom. The Bertz CT molecular complexity index is 1210. The Morgan fingerprint density at radius 1 is 1.26 bits per heavy atom. The van der Waals surface area contributed by atoms with E-state index in [9.17, 15) is 4.79 Å². The number of ether oxygens (including phenoxy) is 4. The summed E-state index contributed by atoms with van der Waals surface area (Å²) in [5.74, 6) is 1.59. The lowest BCUT2D eigenvalue weighted by Crippen LogP contribution is -2.41. The number of carbonyl (C=O) groups excluding carboxylic acids is 1. The molecule has 0 aliphatic carbocycles. The molecule has 1 amide bonds. The van der Waals surface area contributed by atoms with E-state index in [1.165, 1.54) is 0 Å². The van der Waals surface area contributed by atoms with Gasteiger partial charge in [-0.2, -0.15) is 10.1 Å². The van der Waals surface area contributed by atoms with Gasteiger partial charge in [-0.25, -0.2) is 4.52 Å². The molecule has 2 atom stereocenters. The molecule has 1 aromatic carbocycles. The van der Waals surface area contributed by atoms with Crippen LogP contribution in [-0.4, -0.2) is 77.6 Å². The van der Waals surface area contributed by atoms with E-state index < -0.39 is 6.10 Å². The van der Waals surface area contributed by atoms with Crippen LogP contribution in [0, 0.1) is 0 Å². The highest BCUT2D eigenvalue weighted by atomic mass is 16.5. The van der Waals surface area contributed by atoms with Gasteiger partial charge in [0, 0.05) is 43.4 Å². The summed E-state index contributed by atoms with van der Waals surface area (Å²) in [6, 6.07) is 5.78. The van der Waals surface area contributed by atoms with Crippen LogP contribution in [0.1, 0.15) is 26.7 Å². The number of amides is 1. The van der Waals surface area contributed by atoms with Crippen molar-refractivity contribution in [2.75, 3.05) is 45.3 Å². The van der Waals surface area contributed by atoms with Crippen molar-refractivity contribution in [1.82, 2.24) is 19.5 Å². The minimum absolute atomic E-state index is 0.00112. The molecule has 3 aromatic rings. The zero-order chi connectivity index (χ0) is 24.4. The van der Waals surface area contributed by atoms with Gasteiger partial charge in [-0.3, -0.25) is 4.79 Å². The Hall–Kier alpha value is -3.53. The zero-order valence-electron chi connectivity index (χ0n) is 20.3. The molecular weight excluding hydrogens is 450 g/mol. The van der Waals surface area contributed by atoms with E-state index in [1.54, 1.807) is 24.0 Å². The lowest BCUT2D eigenvalue weighted by Gasteiger charge is -2.25. The van der Waals surface area contributed by atoms with E-state index in [2.05, 4.69) is 10.4 Å². The quantitative estimate of drug-likeness (QED) is 0.574. The lowest BCUT2D eigenvalue weighted by atomic mass is 10.1. The average Bonchev–Trinajstić information content (AvgIpc) is 3.41. The number of anilines is 1. The summed E-state index contributed by atoms with van der Waals surface area (Å²) in [5.41, 5.74) is 3.29. The third-order valence-electron chi connectivity index (χ3n) is 6.28. The van der Waals surface area contributed by atoms with Gasteiger partial charge in [0.05, 0.1) is 32.2 Å². The second kappa shape index (κ2) is 9.99. The van der Waals surface area contributed by atoms with E-state index >= 15 is 0 Å². The summed E-state index contributed by atoms with van der Waals surface area (Å²) in [4.78, 5) is 19.8. The van der Waals surface area contributed by atoms with Gasteiger partial charge in [0.25, 0.3) is 11.8 Å². The van der Waals surface area contributed by atoms with E-state index in [0.717, 1.165) is 23.2 Å². The summed E-state index contributed by atoms with van der Waals surface area (Å²) in [6.07, 6.45) is 4.54. The summed E-state index contributed by atoms with van der Waals surface area (Å²) >= 11 is 0. The van der Waals surface area contributed by atoms with Gasteiger partial charge in [0.1, 0.15) is 18.5 Å². The fraction of sp³-hybridized carbons (Fsp3) is 0.480. The standard InChI is InChI=1S/C25H31N5O5/c1-4-8-34-21-12-18-15-35-24-22(33-5-2)14-30-23(28-24)20(13-27-30)16-9-17(11-19(10-16)32-3)26-6-7-29(18)25(21)31/h9-11,13-14,18,21,26H,4-8,12,15H2,1-3H3/t18-,21+/m0/s1. The summed E-state index contributed by atoms with van der Waals surface area (Å²) in [7, 11) is 1.64. The average molecular weight is 482 g/mol. The number of nitrogens with one attached hydrogen (secondary N) is 1. The largest absolute Gasteiger partial charge is 0.497 e. The molecule has 0 radical (unpaired) electrons. The lowest BCUT2D eigenvalue weighted by molar-refractivity contribution is -0.138. The first-order chi connectivity index (χ1) is 17.1. The molecule has 2 aliphatic rings. The molecule has 2 aromatic heterocycles. The molecule has 1 N–H and O–H groups in total. The first-order valence-electron chi connectivity index (χ1n) is 12.1. The molecular formula is C25H31N5O5. The number of carbonyl (C=O) groups is 1. The number of rotatable bonds is 6. The zero-order valence-corrected chi connectivity index (χ0v) is 20.3. The highest BCUT2D eigenvalue weighted by molar-refractivity contribution is 5.84. The van der Waals surface area contributed by atoms with Crippen LogP contribution in [0.3, 0.4) is 0 Å². The first-order valence-corrected chi connectivity index (χ1v) is 12.1. The highest BCUT2D eigenvalue weighted by Gasteiger charge is 2.40. The Morgan fingerprint density at radius 3 is 2.94 bits per heavy atom. The maximum atomic E-state index is 13.1. The van der Waals surface area contributed by atoms with Crippen LogP contribution < -0.4 is 19.5 Å². The van der Waals surface area contributed by atoms with Gasteiger partial charge in [0.15, 0.2) is 11.4 Å². The van der Waals surface area contributed by atoms with Crippen molar-refractivity contribution in [2.45, 2.75) is 38.8 Å². The van der Waals surface area contributed by atoms with Crippen molar-refractivity contribution in [3.05, 3.63) is 30.6 Å². The van der Waals surface area contributed by atoms with Crippen LogP contribution in [0.15, 0.2) is 30.6 Å². The number of nitrogens with zero attached hydrogens (tertiary/aromatic N) is 4. The Kier molecular flexibility index (Phi) is 6.63. The predicted octanol–water partition coefficient (Wildman–Crippen LogP) is 3.00. The van der Waals surface area contributed by atoms with Crippen molar-refractivity contribution in [3.8, 4) is 28.5 Å². The van der Waals surface area contributed by atoms with Gasteiger partial charge >= 0.3 is 0 Å². The minimum Gasteiger partial charge on any atom is -0.497 e. The molecule has 2 aliphatic heterocycles. The smallest absolute Gasteiger partial charge is 0.260 e. The predicted molar refractivity (Wildman–Crippen MR) is 130 cm³/mol. The Labute approximate surface area is 204 Å². The fourth-order valence-corrected chi connectivity index (χ4v) is 4.60. The van der Waals surface area contributed by atoms with Crippen molar-refractivity contribution >= 4 is 17.2 Å². The molecule has 4 heterocycles. The van der Waals surface area contributed by atoms with Gasteiger partial charge in [-0.05, 0) is 31.0 Å². The molecule has 10 nitrogen and oxygen atoms in total. The molecule has 0 spiro atoms. The first kappa shape index (κ1) is 23.2. The normalized spacial score (nSPS) is 19.7. The van der Waals surface area contributed by atoms with E-state index in [4.69, 9.17) is 23.9 Å². The van der Waals surface area contributed by atoms with Crippen molar-refractivity contribution in [1.29, 1.82) is 0 Å². The molecule has 1 saturated heterocycles. The van der Waals surface area contributed by atoms with Gasteiger partial charge in [-0.1, -0.05) is 6.92 Å². The molecule has 0 unspecified atom stereocenters. The molecule has 186 valence electrons. The Balaban J connectivity index is 1.57. The maximum absolute atomic E-state index is 13.1. The molecule has 0 saturated carbocycles. The molecule has 35 heavy (non-hydrogen) atoms. The number of methoxy groups -OCH3 is 1. The van der Waals surface area contributed by atoms with Crippen LogP contribution in [-0.2, 0) is 9.53 Å². The molecule has 1 fully saturated rings. The second-order valence-corrected chi connectivity index (χ2v) is 8.64. The molecule has 5 rings (SSSR count). The van der Waals surface area contributed by atoms with E-state index in [0.29, 0.717) is 62.4 Å². The van der Waals surface area contributed by atoms with Crippen LogP contribution in [0.25, 0.3) is 16.8 Å². The monoisotopic (exact) mass is 481 g/mol. The number of fused-ring (bicyclic) bond motifs is 5. The highest BCUT2D eigenvalue weighted by Crippen LogP contribution is 2.34.